The highest BCUT2D eigenvalue weighted by atomic mass is 16.5. The van der Waals surface area contributed by atoms with E-state index in [1.807, 2.05) is 18.2 Å². The fraction of sp³-hybridized carbons (Fsp3) is 0.389. The van der Waals surface area contributed by atoms with Crippen molar-refractivity contribution < 1.29 is 13.9 Å². The van der Waals surface area contributed by atoms with Crippen LogP contribution in [0.25, 0.3) is 0 Å². The molecular formula is C18H22N2O3. The van der Waals surface area contributed by atoms with Crippen LogP contribution in [0.3, 0.4) is 0 Å². The molecular weight excluding hydrogens is 292 g/mol. The summed E-state index contributed by atoms with van der Waals surface area (Å²) in [5.41, 5.74) is 1.90. The number of hydrogen-bond acceptors (Lipinski definition) is 4. The van der Waals surface area contributed by atoms with Crippen molar-refractivity contribution in [1.82, 2.24) is 0 Å². The summed E-state index contributed by atoms with van der Waals surface area (Å²) in [5, 5.41) is 2.96. The molecule has 1 aromatic heterocycles. The van der Waals surface area contributed by atoms with E-state index >= 15 is 0 Å². The third-order valence-corrected chi connectivity index (χ3v) is 4.02. The Hall–Kier alpha value is -2.27. The highest BCUT2D eigenvalue weighted by Gasteiger charge is 2.17. The maximum Gasteiger partial charge on any atom is 0.291 e. The average molecular weight is 314 g/mol. The molecule has 23 heavy (non-hydrogen) atoms. The maximum atomic E-state index is 12.4. The second-order valence-corrected chi connectivity index (χ2v) is 5.72. The SMILES string of the molecule is COCc1ccc(C(=O)Nc2ccccc2N2CCCCC2)o1. The fourth-order valence-corrected chi connectivity index (χ4v) is 2.89. The molecule has 2 aromatic rings. The fourth-order valence-electron chi connectivity index (χ4n) is 2.89. The average Bonchev–Trinajstić information content (AvgIpc) is 3.05. The number of piperidine rings is 1. The van der Waals surface area contributed by atoms with Crippen LogP contribution in [0.4, 0.5) is 11.4 Å². The van der Waals surface area contributed by atoms with Gasteiger partial charge in [-0.25, -0.2) is 0 Å². The van der Waals surface area contributed by atoms with Gasteiger partial charge in [-0.15, -0.1) is 0 Å². The molecule has 0 atom stereocenters. The van der Waals surface area contributed by atoms with Crippen LogP contribution in [-0.2, 0) is 11.3 Å². The number of nitrogens with one attached hydrogen (secondary N) is 1. The molecule has 1 aliphatic heterocycles. The number of ether oxygens (including phenoxy) is 1. The van der Waals surface area contributed by atoms with Gasteiger partial charge in [0.2, 0.25) is 0 Å². The quantitative estimate of drug-likeness (QED) is 0.915. The highest BCUT2D eigenvalue weighted by molar-refractivity contribution is 6.04. The molecule has 0 unspecified atom stereocenters. The Morgan fingerprint density at radius 1 is 1.17 bits per heavy atom. The van der Waals surface area contributed by atoms with Crippen molar-refractivity contribution in [1.29, 1.82) is 0 Å². The predicted molar refractivity (Wildman–Crippen MR) is 89.9 cm³/mol. The summed E-state index contributed by atoms with van der Waals surface area (Å²) in [6.07, 6.45) is 3.67. The maximum absolute atomic E-state index is 12.4. The predicted octanol–water partition coefficient (Wildman–Crippen LogP) is 3.67. The third-order valence-electron chi connectivity index (χ3n) is 4.02. The van der Waals surface area contributed by atoms with Crippen molar-refractivity contribution in [3.63, 3.8) is 0 Å². The third kappa shape index (κ3) is 3.74. The minimum absolute atomic E-state index is 0.239. The lowest BCUT2D eigenvalue weighted by Crippen LogP contribution is -2.30. The number of methoxy groups -OCH3 is 1. The number of nitrogens with zero attached hydrogens (tertiary/aromatic N) is 1. The number of carbonyl (C=O) groups is 1. The lowest BCUT2D eigenvalue weighted by atomic mass is 10.1. The summed E-state index contributed by atoms with van der Waals surface area (Å²) in [6.45, 7) is 2.43. The van der Waals surface area contributed by atoms with E-state index in [9.17, 15) is 4.79 Å². The van der Waals surface area contributed by atoms with E-state index in [1.165, 1.54) is 19.3 Å². The van der Waals surface area contributed by atoms with Crippen LogP contribution in [0.15, 0.2) is 40.8 Å². The molecule has 0 radical (unpaired) electrons. The molecule has 5 heteroatoms. The van der Waals surface area contributed by atoms with Crippen LogP contribution < -0.4 is 10.2 Å². The monoisotopic (exact) mass is 314 g/mol. The number of para-hydroxylation sites is 2. The van der Waals surface area contributed by atoms with Gasteiger partial charge in [0.05, 0.1) is 11.4 Å². The van der Waals surface area contributed by atoms with E-state index in [0.29, 0.717) is 18.1 Å². The number of hydrogen-bond donors (Lipinski definition) is 1. The summed E-state index contributed by atoms with van der Waals surface area (Å²) in [5.74, 6) is 0.698. The molecule has 122 valence electrons. The van der Waals surface area contributed by atoms with E-state index in [2.05, 4.69) is 16.3 Å². The Morgan fingerprint density at radius 3 is 2.74 bits per heavy atom. The van der Waals surface area contributed by atoms with E-state index in [0.717, 1.165) is 24.5 Å². The van der Waals surface area contributed by atoms with Crippen LogP contribution in [0.1, 0.15) is 35.6 Å². The largest absolute Gasteiger partial charge is 0.453 e. The van der Waals surface area contributed by atoms with Crippen molar-refractivity contribution in [2.75, 3.05) is 30.4 Å². The first-order chi connectivity index (χ1) is 11.3. The smallest absolute Gasteiger partial charge is 0.291 e. The Kier molecular flexibility index (Phi) is 4.98. The molecule has 2 heterocycles. The van der Waals surface area contributed by atoms with Crippen LogP contribution in [-0.4, -0.2) is 26.1 Å². The molecule has 1 aromatic carbocycles. The summed E-state index contributed by atoms with van der Waals surface area (Å²) in [6, 6.07) is 11.4. The van der Waals surface area contributed by atoms with E-state index in [-0.39, 0.29) is 5.91 Å². The van der Waals surface area contributed by atoms with E-state index in [4.69, 9.17) is 9.15 Å². The van der Waals surface area contributed by atoms with Gasteiger partial charge in [0.15, 0.2) is 5.76 Å². The first kappa shape index (κ1) is 15.6. The van der Waals surface area contributed by atoms with Crippen LogP contribution in [0, 0.1) is 0 Å². The summed E-state index contributed by atoms with van der Waals surface area (Å²) in [7, 11) is 1.59. The Labute approximate surface area is 136 Å². The number of rotatable bonds is 5. The number of benzene rings is 1. The summed E-state index contributed by atoms with van der Waals surface area (Å²) < 4.78 is 10.5. The minimum atomic E-state index is -0.239. The van der Waals surface area contributed by atoms with Crippen molar-refractivity contribution in [2.45, 2.75) is 25.9 Å². The molecule has 1 fully saturated rings. The normalized spacial score (nSPS) is 14.7. The van der Waals surface area contributed by atoms with Crippen molar-refractivity contribution in [2.24, 2.45) is 0 Å². The standard InChI is InChI=1S/C18H22N2O3/c1-22-13-14-9-10-17(23-14)18(21)19-15-7-3-4-8-16(15)20-11-5-2-6-12-20/h3-4,7-10H,2,5-6,11-13H2,1H3,(H,19,21). The zero-order chi connectivity index (χ0) is 16.1. The molecule has 0 saturated carbocycles. The summed E-state index contributed by atoms with van der Waals surface area (Å²) in [4.78, 5) is 14.7. The molecule has 3 rings (SSSR count). The molecule has 0 aliphatic carbocycles. The highest BCUT2D eigenvalue weighted by Crippen LogP contribution is 2.28. The molecule has 0 spiro atoms. The molecule has 1 saturated heterocycles. The van der Waals surface area contributed by atoms with Gasteiger partial charge in [-0.3, -0.25) is 4.79 Å². The van der Waals surface area contributed by atoms with Gasteiger partial charge in [-0.05, 0) is 43.5 Å². The molecule has 1 N–H and O–H groups in total. The van der Waals surface area contributed by atoms with Crippen LogP contribution in [0.5, 0.6) is 0 Å². The van der Waals surface area contributed by atoms with Gasteiger partial charge >= 0.3 is 0 Å². The Bertz CT molecular complexity index is 660. The van der Waals surface area contributed by atoms with Gasteiger partial charge in [-0.1, -0.05) is 12.1 Å². The van der Waals surface area contributed by atoms with Gasteiger partial charge in [0, 0.05) is 20.2 Å². The minimum Gasteiger partial charge on any atom is -0.453 e. The van der Waals surface area contributed by atoms with E-state index in [1.54, 1.807) is 19.2 Å². The van der Waals surface area contributed by atoms with Crippen molar-refractivity contribution in [3.8, 4) is 0 Å². The van der Waals surface area contributed by atoms with E-state index < -0.39 is 0 Å². The van der Waals surface area contributed by atoms with Crippen molar-refractivity contribution >= 4 is 17.3 Å². The lowest BCUT2D eigenvalue weighted by molar-refractivity contribution is 0.0987. The number of anilines is 2. The zero-order valence-electron chi connectivity index (χ0n) is 13.4. The number of carbonyl (C=O) groups excluding carboxylic acids is 1. The van der Waals surface area contributed by atoms with Gasteiger partial charge < -0.3 is 19.4 Å². The summed E-state index contributed by atoms with van der Waals surface area (Å²) >= 11 is 0. The first-order valence-electron chi connectivity index (χ1n) is 8.01. The second kappa shape index (κ2) is 7.33. The Morgan fingerprint density at radius 2 is 1.96 bits per heavy atom. The van der Waals surface area contributed by atoms with Gasteiger partial charge in [0.25, 0.3) is 5.91 Å². The lowest BCUT2D eigenvalue weighted by Gasteiger charge is -2.30. The van der Waals surface area contributed by atoms with Crippen molar-refractivity contribution in [3.05, 3.63) is 47.9 Å². The topological polar surface area (TPSA) is 54.7 Å². The second-order valence-electron chi connectivity index (χ2n) is 5.72. The molecule has 1 amide bonds. The van der Waals surface area contributed by atoms with Crippen LogP contribution in [0.2, 0.25) is 0 Å². The molecule has 0 bridgehead atoms. The molecule has 1 aliphatic rings. The van der Waals surface area contributed by atoms with Crippen LogP contribution >= 0.6 is 0 Å². The number of furan rings is 1. The zero-order valence-corrected chi connectivity index (χ0v) is 13.4. The molecule has 5 nitrogen and oxygen atoms in total. The van der Waals surface area contributed by atoms with Gasteiger partial charge in [-0.2, -0.15) is 0 Å². The number of amides is 1. The Balaban J connectivity index is 1.75. The first-order valence-corrected chi connectivity index (χ1v) is 8.01. The van der Waals surface area contributed by atoms with Gasteiger partial charge in [0.1, 0.15) is 12.4 Å².